The highest BCUT2D eigenvalue weighted by molar-refractivity contribution is 5.31. The van der Waals surface area contributed by atoms with Crippen molar-refractivity contribution in [2.75, 3.05) is 20.3 Å². The fraction of sp³-hybridized carbons (Fsp3) is 0.294. The van der Waals surface area contributed by atoms with E-state index < -0.39 is 6.10 Å². The number of hydrogen-bond donors (Lipinski definition) is 2. The predicted octanol–water partition coefficient (Wildman–Crippen LogP) is 2.22. The van der Waals surface area contributed by atoms with Crippen LogP contribution < -0.4 is 14.8 Å². The molecule has 0 spiro atoms. The maximum Gasteiger partial charge on any atom is 0.119 e. The number of methoxy groups -OCH3 is 1. The molecule has 21 heavy (non-hydrogen) atoms. The van der Waals surface area contributed by atoms with Crippen molar-refractivity contribution in [3.05, 3.63) is 60.2 Å². The van der Waals surface area contributed by atoms with Crippen LogP contribution in [0.2, 0.25) is 0 Å². The Morgan fingerprint density at radius 2 is 1.67 bits per heavy atom. The van der Waals surface area contributed by atoms with Crippen molar-refractivity contribution in [1.29, 1.82) is 0 Å². The quantitative estimate of drug-likeness (QED) is 0.781. The summed E-state index contributed by atoms with van der Waals surface area (Å²) in [5.41, 5.74) is 1.20. The third-order valence-electron chi connectivity index (χ3n) is 3.05. The summed E-state index contributed by atoms with van der Waals surface area (Å²) >= 11 is 0. The molecule has 0 bridgehead atoms. The van der Waals surface area contributed by atoms with Gasteiger partial charge in [-0.1, -0.05) is 30.3 Å². The van der Waals surface area contributed by atoms with Crippen molar-refractivity contribution in [3.63, 3.8) is 0 Å². The van der Waals surface area contributed by atoms with Crippen LogP contribution in [0, 0.1) is 0 Å². The van der Waals surface area contributed by atoms with Gasteiger partial charge in [0, 0.05) is 13.1 Å². The Morgan fingerprint density at radius 3 is 2.33 bits per heavy atom. The Hall–Kier alpha value is -2.04. The molecular formula is C17H21NO3. The summed E-state index contributed by atoms with van der Waals surface area (Å²) in [4.78, 5) is 0. The summed E-state index contributed by atoms with van der Waals surface area (Å²) in [5.74, 6) is 1.50. The molecule has 1 atom stereocenters. The molecule has 0 aliphatic rings. The lowest BCUT2D eigenvalue weighted by Crippen LogP contribution is -2.31. The maximum atomic E-state index is 9.88. The van der Waals surface area contributed by atoms with E-state index in [1.165, 1.54) is 5.56 Å². The standard InChI is InChI=1S/C17H21NO3/c1-20-16-7-9-17(10-8-16)21-13-15(19)12-18-11-14-5-3-2-4-6-14/h2-10,15,18-19H,11-13H2,1H3/t15-/m1/s1. The molecule has 2 rings (SSSR count). The van der Waals surface area contributed by atoms with Gasteiger partial charge in [0.15, 0.2) is 0 Å². The molecule has 2 aromatic carbocycles. The molecule has 0 radical (unpaired) electrons. The topological polar surface area (TPSA) is 50.7 Å². The van der Waals surface area contributed by atoms with Crippen molar-refractivity contribution >= 4 is 0 Å². The van der Waals surface area contributed by atoms with Gasteiger partial charge in [-0.25, -0.2) is 0 Å². The van der Waals surface area contributed by atoms with E-state index >= 15 is 0 Å². The molecule has 112 valence electrons. The summed E-state index contributed by atoms with van der Waals surface area (Å²) in [7, 11) is 1.62. The first-order chi connectivity index (χ1) is 10.3. The van der Waals surface area contributed by atoms with Gasteiger partial charge in [0.25, 0.3) is 0 Å². The molecule has 4 nitrogen and oxygen atoms in total. The average Bonchev–Trinajstić information content (AvgIpc) is 2.54. The Balaban J connectivity index is 1.66. The SMILES string of the molecule is COc1ccc(OC[C@H](O)CNCc2ccccc2)cc1. The molecule has 0 aromatic heterocycles. The van der Waals surface area contributed by atoms with E-state index in [0.717, 1.165) is 18.0 Å². The second-order valence-electron chi connectivity index (χ2n) is 4.76. The van der Waals surface area contributed by atoms with Gasteiger partial charge in [0.2, 0.25) is 0 Å². The zero-order valence-electron chi connectivity index (χ0n) is 12.2. The molecule has 4 heteroatoms. The molecule has 0 saturated heterocycles. The van der Waals surface area contributed by atoms with Crippen LogP contribution in [0.4, 0.5) is 0 Å². The number of ether oxygens (including phenoxy) is 2. The third kappa shape index (κ3) is 5.45. The second kappa shape index (κ2) is 8.29. The Morgan fingerprint density at radius 1 is 1.00 bits per heavy atom. The minimum atomic E-state index is -0.546. The van der Waals surface area contributed by atoms with Crippen LogP contribution in [0.3, 0.4) is 0 Å². The van der Waals surface area contributed by atoms with E-state index in [9.17, 15) is 5.11 Å². The van der Waals surface area contributed by atoms with E-state index in [0.29, 0.717) is 6.54 Å². The lowest BCUT2D eigenvalue weighted by molar-refractivity contribution is 0.106. The van der Waals surface area contributed by atoms with Gasteiger partial charge in [-0.2, -0.15) is 0 Å². The monoisotopic (exact) mass is 287 g/mol. The van der Waals surface area contributed by atoms with Crippen LogP contribution in [-0.4, -0.2) is 31.5 Å². The lowest BCUT2D eigenvalue weighted by atomic mass is 10.2. The summed E-state index contributed by atoms with van der Waals surface area (Å²) in [5, 5.41) is 13.1. The van der Waals surface area contributed by atoms with Gasteiger partial charge in [0.05, 0.1) is 7.11 Å². The normalized spacial score (nSPS) is 11.9. The molecule has 0 aliphatic heterocycles. The first kappa shape index (κ1) is 15.4. The van der Waals surface area contributed by atoms with Crippen LogP contribution in [0.5, 0.6) is 11.5 Å². The van der Waals surface area contributed by atoms with E-state index in [4.69, 9.17) is 9.47 Å². The van der Waals surface area contributed by atoms with Crippen molar-refractivity contribution in [2.24, 2.45) is 0 Å². The zero-order chi connectivity index (χ0) is 14.9. The molecular weight excluding hydrogens is 266 g/mol. The zero-order valence-corrected chi connectivity index (χ0v) is 12.2. The second-order valence-corrected chi connectivity index (χ2v) is 4.76. The number of nitrogens with one attached hydrogen (secondary N) is 1. The predicted molar refractivity (Wildman–Crippen MR) is 82.6 cm³/mol. The molecule has 0 fully saturated rings. The number of aliphatic hydroxyl groups is 1. The Labute approximate surface area is 125 Å². The largest absolute Gasteiger partial charge is 0.497 e. The van der Waals surface area contributed by atoms with Gasteiger partial charge >= 0.3 is 0 Å². The molecule has 0 amide bonds. The lowest BCUT2D eigenvalue weighted by Gasteiger charge is -2.13. The molecule has 2 aromatic rings. The first-order valence-electron chi connectivity index (χ1n) is 6.97. The summed E-state index contributed by atoms with van der Waals surface area (Å²) in [6.07, 6.45) is -0.546. The van der Waals surface area contributed by atoms with E-state index in [1.807, 2.05) is 54.6 Å². The molecule has 0 unspecified atom stereocenters. The van der Waals surface area contributed by atoms with E-state index in [2.05, 4.69) is 5.32 Å². The van der Waals surface area contributed by atoms with Gasteiger partial charge < -0.3 is 19.9 Å². The number of benzene rings is 2. The summed E-state index contributed by atoms with van der Waals surface area (Å²) in [6, 6.07) is 17.4. The number of aliphatic hydroxyl groups excluding tert-OH is 1. The van der Waals surface area contributed by atoms with Crippen molar-refractivity contribution in [1.82, 2.24) is 5.32 Å². The van der Waals surface area contributed by atoms with Gasteiger partial charge in [-0.15, -0.1) is 0 Å². The fourth-order valence-corrected chi connectivity index (χ4v) is 1.90. The Kier molecular flexibility index (Phi) is 6.06. The van der Waals surface area contributed by atoms with Crippen LogP contribution in [0.15, 0.2) is 54.6 Å². The van der Waals surface area contributed by atoms with Gasteiger partial charge in [0.1, 0.15) is 24.2 Å². The highest BCUT2D eigenvalue weighted by Crippen LogP contribution is 2.16. The van der Waals surface area contributed by atoms with Crippen LogP contribution in [0.25, 0.3) is 0 Å². The molecule has 2 N–H and O–H groups in total. The van der Waals surface area contributed by atoms with Crippen LogP contribution in [0.1, 0.15) is 5.56 Å². The highest BCUT2D eigenvalue weighted by atomic mass is 16.5. The first-order valence-corrected chi connectivity index (χ1v) is 6.97. The van der Waals surface area contributed by atoms with Crippen molar-refractivity contribution in [2.45, 2.75) is 12.6 Å². The van der Waals surface area contributed by atoms with Gasteiger partial charge in [-0.05, 0) is 29.8 Å². The maximum absolute atomic E-state index is 9.88. The third-order valence-corrected chi connectivity index (χ3v) is 3.05. The number of hydrogen-bond acceptors (Lipinski definition) is 4. The van der Waals surface area contributed by atoms with Crippen molar-refractivity contribution in [3.8, 4) is 11.5 Å². The smallest absolute Gasteiger partial charge is 0.119 e. The summed E-state index contributed by atoms with van der Waals surface area (Å²) in [6.45, 7) is 1.49. The minimum Gasteiger partial charge on any atom is -0.497 e. The Bertz CT molecular complexity index is 513. The molecule has 0 aliphatic carbocycles. The fourth-order valence-electron chi connectivity index (χ4n) is 1.90. The molecule has 0 heterocycles. The highest BCUT2D eigenvalue weighted by Gasteiger charge is 2.05. The minimum absolute atomic E-state index is 0.258. The number of rotatable bonds is 8. The van der Waals surface area contributed by atoms with Gasteiger partial charge in [-0.3, -0.25) is 0 Å². The summed E-state index contributed by atoms with van der Waals surface area (Å²) < 4.78 is 10.6. The van der Waals surface area contributed by atoms with Crippen molar-refractivity contribution < 1.29 is 14.6 Å². The van der Waals surface area contributed by atoms with Crippen LogP contribution >= 0.6 is 0 Å². The average molecular weight is 287 g/mol. The molecule has 0 saturated carbocycles. The van der Waals surface area contributed by atoms with Crippen LogP contribution in [-0.2, 0) is 6.54 Å². The van der Waals surface area contributed by atoms with E-state index in [1.54, 1.807) is 7.11 Å². The van der Waals surface area contributed by atoms with E-state index in [-0.39, 0.29) is 6.61 Å².